The van der Waals surface area contributed by atoms with Crippen LogP contribution in [0.25, 0.3) is 0 Å². The smallest absolute Gasteiger partial charge is 0.444 e. The van der Waals surface area contributed by atoms with Crippen molar-refractivity contribution in [2.24, 2.45) is 5.41 Å². The van der Waals surface area contributed by atoms with Crippen molar-refractivity contribution in [3.05, 3.63) is 24.3 Å². The maximum atomic E-state index is 12.2. The molecule has 3 rings (SSSR count). The number of carbonyl (C=O) groups excluding carboxylic acids is 1. The van der Waals surface area contributed by atoms with Crippen LogP contribution in [0.1, 0.15) is 48.5 Å². The van der Waals surface area contributed by atoms with E-state index in [-0.39, 0.29) is 24.2 Å². The van der Waals surface area contributed by atoms with Gasteiger partial charge in [0, 0.05) is 43.9 Å². The van der Waals surface area contributed by atoms with Crippen molar-refractivity contribution in [1.82, 2.24) is 4.90 Å². The lowest BCUT2D eigenvalue weighted by Gasteiger charge is -2.47. The van der Waals surface area contributed by atoms with Crippen LogP contribution in [-0.2, 0) is 14.0 Å². The highest BCUT2D eigenvalue weighted by molar-refractivity contribution is 6.61. The molecule has 0 N–H and O–H groups in total. The van der Waals surface area contributed by atoms with Crippen LogP contribution in [-0.4, -0.2) is 62.1 Å². The summed E-state index contributed by atoms with van der Waals surface area (Å²) in [5.74, 6) is 0. The second-order valence-corrected chi connectivity index (χ2v) is 10.2. The summed E-state index contributed by atoms with van der Waals surface area (Å²) < 4.78 is 17.7. The summed E-state index contributed by atoms with van der Waals surface area (Å²) in [6.07, 6.45) is -0.232. The van der Waals surface area contributed by atoms with Crippen molar-refractivity contribution < 1.29 is 18.8 Å². The van der Waals surface area contributed by atoms with Gasteiger partial charge in [-0.15, -0.1) is 0 Å². The van der Waals surface area contributed by atoms with Gasteiger partial charge in [-0.3, -0.25) is 0 Å². The number of rotatable bonds is 2. The second-order valence-electron chi connectivity index (χ2n) is 10.2. The maximum Gasteiger partial charge on any atom is 0.494 e. The monoisotopic (exact) mass is 402 g/mol. The normalized spacial score (nSPS) is 21.8. The molecule has 7 heteroatoms. The number of hydrogen-bond donors (Lipinski definition) is 0. The van der Waals surface area contributed by atoms with Gasteiger partial charge in [-0.1, -0.05) is 26.0 Å². The molecule has 0 bridgehead atoms. The van der Waals surface area contributed by atoms with Crippen LogP contribution in [0.4, 0.5) is 10.5 Å². The molecule has 1 amide bonds. The van der Waals surface area contributed by atoms with Gasteiger partial charge in [-0.2, -0.15) is 0 Å². The number of benzene rings is 1. The van der Waals surface area contributed by atoms with E-state index in [2.05, 4.69) is 56.9 Å². The van der Waals surface area contributed by atoms with Crippen molar-refractivity contribution in [2.45, 2.75) is 59.7 Å². The number of hydrogen-bond acceptors (Lipinski definition) is 5. The van der Waals surface area contributed by atoms with Crippen molar-refractivity contribution in [1.29, 1.82) is 0 Å². The maximum absolute atomic E-state index is 12.2. The van der Waals surface area contributed by atoms with E-state index in [1.165, 1.54) is 0 Å². The van der Waals surface area contributed by atoms with E-state index in [4.69, 9.17) is 14.0 Å². The predicted octanol–water partition coefficient (Wildman–Crippen LogP) is 3.29. The summed E-state index contributed by atoms with van der Waals surface area (Å²) in [4.78, 5) is 16.3. The highest BCUT2D eigenvalue weighted by Gasteiger charge is 2.46. The molecule has 2 aliphatic rings. The zero-order valence-corrected chi connectivity index (χ0v) is 18.9. The largest absolute Gasteiger partial charge is 0.494 e. The summed E-state index contributed by atoms with van der Waals surface area (Å²) in [7, 11) is -0.337. The standard InChI is InChI=1S/C22H35BN2O4/c1-20(2,3)28-19(26)25-14-12-24(13-15-25)18-10-8-17(9-11-18)23-27-16-21(4,5)22(6,7)29-23/h8-11H,12-16H2,1-7H3. The SMILES string of the molecule is CC(C)(C)OC(=O)N1CCN(c2ccc(B3OCC(C)(C)C(C)(C)O3)cc2)CC1. The Balaban J connectivity index is 1.57. The third-order valence-electron chi connectivity index (χ3n) is 6.09. The predicted molar refractivity (Wildman–Crippen MR) is 117 cm³/mol. The van der Waals surface area contributed by atoms with Crippen molar-refractivity contribution in [3.63, 3.8) is 0 Å². The van der Waals surface area contributed by atoms with Gasteiger partial charge in [-0.05, 0) is 52.2 Å². The summed E-state index contributed by atoms with van der Waals surface area (Å²) in [5.41, 5.74) is 1.43. The van der Waals surface area contributed by atoms with E-state index < -0.39 is 5.60 Å². The fraction of sp³-hybridized carbons (Fsp3) is 0.682. The fourth-order valence-corrected chi connectivity index (χ4v) is 3.40. The Bertz CT molecular complexity index is 719. The Morgan fingerprint density at radius 1 is 1.03 bits per heavy atom. The minimum absolute atomic E-state index is 0.0305. The first-order valence-corrected chi connectivity index (χ1v) is 10.5. The molecule has 0 aliphatic carbocycles. The zero-order valence-electron chi connectivity index (χ0n) is 18.9. The van der Waals surface area contributed by atoms with Crippen LogP contribution in [0.2, 0.25) is 0 Å². The minimum atomic E-state index is -0.461. The van der Waals surface area contributed by atoms with E-state index in [1.807, 2.05) is 20.8 Å². The van der Waals surface area contributed by atoms with Gasteiger partial charge in [0.05, 0.1) is 5.60 Å². The minimum Gasteiger partial charge on any atom is -0.444 e. The van der Waals surface area contributed by atoms with Gasteiger partial charge < -0.3 is 23.8 Å². The number of anilines is 1. The number of piperazine rings is 1. The third-order valence-corrected chi connectivity index (χ3v) is 6.09. The van der Waals surface area contributed by atoms with Crippen LogP contribution < -0.4 is 10.4 Å². The molecule has 1 aromatic carbocycles. The second kappa shape index (κ2) is 7.84. The van der Waals surface area contributed by atoms with E-state index in [1.54, 1.807) is 4.90 Å². The van der Waals surface area contributed by atoms with Crippen LogP contribution in [0.3, 0.4) is 0 Å². The first-order valence-electron chi connectivity index (χ1n) is 10.5. The first-order chi connectivity index (χ1) is 13.4. The molecule has 0 radical (unpaired) electrons. The van der Waals surface area contributed by atoms with Crippen LogP contribution >= 0.6 is 0 Å². The van der Waals surface area contributed by atoms with E-state index in [9.17, 15) is 4.79 Å². The highest BCUT2D eigenvalue weighted by atomic mass is 16.6. The summed E-state index contributed by atoms with van der Waals surface area (Å²) in [5, 5.41) is 0. The molecule has 2 aliphatic heterocycles. The zero-order chi connectivity index (χ0) is 21.4. The summed E-state index contributed by atoms with van der Waals surface area (Å²) in [6, 6.07) is 8.37. The molecular weight excluding hydrogens is 367 g/mol. The lowest BCUT2D eigenvalue weighted by atomic mass is 9.69. The average molecular weight is 402 g/mol. The Kier molecular flexibility index (Phi) is 5.94. The Hall–Kier alpha value is -1.73. The Labute approximate surface area is 175 Å². The van der Waals surface area contributed by atoms with E-state index >= 15 is 0 Å². The molecule has 2 saturated heterocycles. The molecule has 6 nitrogen and oxygen atoms in total. The molecule has 2 fully saturated rings. The van der Waals surface area contributed by atoms with Crippen LogP contribution in [0.15, 0.2) is 24.3 Å². The lowest BCUT2D eigenvalue weighted by molar-refractivity contribution is -0.0937. The van der Waals surface area contributed by atoms with Gasteiger partial charge >= 0.3 is 13.2 Å². The highest BCUT2D eigenvalue weighted by Crippen LogP contribution is 2.38. The number of ether oxygens (including phenoxy) is 1. The number of carbonyl (C=O) groups is 1. The summed E-state index contributed by atoms with van der Waals surface area (Å²) in [6.45, 7) is 17.8. The average Bonchev–Trinajstić information content (AvgIpc) is 2.63. The molecule has 0 atom stereocenters. The molecule has 2 heterocycles. The first kappa shape index (κ1) is 22.0. The topological polar surface area (TPSA) is 51.2 Å². The molecule has 1 aromatic rings. The van der Waals surface area contributed by atoms with Crippen LogP contribution in [0, 0.1) is 5.41 Å². The van der Waals surface area contributed by atoms with Gasteiger partial charge in [0.2, 0.25) is 0 Å². The molecule has 0 saturated carbocycles. The van der Waals surface area contributed by atoms with Crippen molar-refractivity contribution in [2.75, 3.05) is 37.7 Å². The van der Waals surface area contributed by atoms with Gasteiger partial charge in [-0.25, -0.2) is 4.79 Å². The molecule has 160 valence electrons. The van der Waals surface area contributed by atoms with Crippen LogP contribution in [0.5, 0.6) is 0 Å². The van der Waals surface area contributed by atoms with Gasteiger partial charge in [0.25, 0.3) is 0 Å². The van der Waals surface area contributed by atoms with E-state index in [0.717, 1.165) is 24.2 Å². The Morgan fingerprint density at radius 2 is 1.62 bits per heavy atom. The molecule has 0 spiro atoms. The summed E-state index contributed by atoms with van der Waals surface area (Å²) >= 11 is 0. The molecule has 0 aromatic heterocycles. The molecule has 0 unspecified atom stereocenters. The molecule has 29 heavy (non-hydrogen) atoms. The fourth-order valence-electron chi connectivity index (χ4n) is 3.40. The van der Waals surface area contributed by atoms with Gasteiger partial charge in [0.15, 0.2) is 0 Å². The Morgan fingerprint density at radius 3 is 2.14 bits per heavy atom. The van der Waals surface area contributed by atoms with E-state index in [0.29, 0.717) is 19.7 Å². The van der Waals surface area contributed by atoms with Gasteiger partial charge in [0.1, 0.15) is 5.60 Å². The third kappa shape index (κ3) is 5.07. The quantitative estimate of drug-likeness (QED) is 0.711. The lowest BCUT2D eigenvalue weighted by Crippen LogP contribution is -2.58. The van der Waals surface area contributed by atoms with Crippen molar-refractivity contribution >= 4 is 24.4 Å². The number of nitrogens with zero attached hydrogens (tertiary/aromatic N) is 2. The number of amides is 1. The molecular formula is C22H35BN2O4. The van der Waals surface area contributed by atoms with Crippen molar-refractivity contribution in [3.8, 4) is 0 Å².